The normalized spacial score (nSPS) is 20.0. The molecule has 186 valence electrons. The van der Waals surface area contributed by atoms with Gasteiger partial charge in [0.05, 0.1) is 20.7 Å². The quantitative estimate of drug-likeness (QED) is 0.464. The second-order valence-electron chi connectivity index (χ2n) is 9.28. The van der Waals surface area contributed by atoms with Gasteiger partial charge in [0.2, 0.25) is 5.91 Å². The van der Waals surface area contributed by atoms with E-state index in [9.17, 15) is 14.4 Å². The molecule has 0 aliphatic carbocycles. The minimum absolute atomic E-state index is 0.00704. The molecular weight excluding hydrogens is 540 g/mol. The maximum Gasteiger partial charge on any atom is 0.261 e. The Morgan fingerprint density at radius 3 is 2.75 bits per heavy atom. The van der Waals surface area contributed by atoms with Crippen LogP contribution in [0.3, 0.4) is 0 Å². The molecule has 9 heteroatoms. The van der Waals surface area contributed by atoms with Crippen molar-refractivity contribution in [2.24, 2.45) is 0 Å². The van der Waals surface area contributed by atoms with E-state index < -0.39 is 0 Å². The van der Waals surface area contributed by atoms with Crippen LogP contribution >= 0.6 is 27.3 Å². The molecule has 3 aromatic rings. The van der Waals surface area contributed by atoms with E-state index >= 15 is 0 Å². The van der Waals surface area contributed by atoms with E-state index in [1.807, 2.05) is 54.4 Å². The largest absolute Gasteiger partial charge is 0.346 e. The van der Waals surface area contributed by atoms with E-state index in [0.717, 1.165) is 39.9 Å². The number of thiophene rings is 1. The van der Waals surface area contributed by atoms with Crippen molar-refractivity contribution in [3.63, 3.8) is 0 Å². The molecule has 2 saturated heterocycles. The third-order valence-corrected chi connectivity index (χ3v) is 8.46. The number of piperidine rings is 1. The molecular formula is C27H27BrN4O3S. The lowest BCUT2D eigenvalue weighted by Gasteiger charge is -2.36. The Labute approximate surface area is 222 Å². The summed E-state index contributed by atoms with van der Waals surface area (Å²) in [4.78, 5) is 47.4. The van der Waals surface area contributed by atoms with Crippen molar-refractivity contribution in [1.29, 1.82) is 0 Å². The Morgan fingerprint density at radius 1 is 1.17 bits per heavy atom. The van der Waals surface area contributed by atoms with Crippen molar-refractivity contribution in [2.75, 3.05) is 18.0 Å². The molecule has 0 bridgehead atoms. The van der Waals surface area contributed by atoms with Crippen molar-refractivity contribution in [3.8, 4) is 0 Å². The number of hydrogen-bond acceptors (Lipinski definition) is 5. The number of pyridine rings is 1. The Morgan fingerprint density at radius 2 is 2.03 bits per heavy atom. The lowest BCUT2D eigenvalue weighted by Crippen LogP contribution is -2.39. The average Bonchev–Trinajstić information content (AvgIpc) is 3.49. The van der Waals surface area contributed by atoms with Crippen LogP contribution in [0.1, 0.15) is 62.9 Å². The SMILES string of the molecule is Cc1cc(N2CC(NC(=O)c3ccc(Br)s3)CC2=O)ccc1C(=O)N1CCCCC1c1cccnc1. The summed E-state index contributed by atoms with van der Waals surface area (Å²) >= 11 is 4.73. The minimum Gasteiger partial charge on any atom is -0.346 e. The number of carbonyl (C=O) groups is 3. The lowest BCUT2D eigenvalue weighted by atomic mass is 9.94. The van der Waals surface area contributed by atoms with Crippen LogP contribution in [-0.2, 0) is 4.79 Å². The van der Waals surface area contributed by atoms with Gasteiger partial charge in [0.25, 0.3) is 11.8 Å². The van der Waals surface area contributed by atoms with Crippen molar-refractivity contribution >= 4 is 50.7 Å². The fraction of sp³-hybridized carbons (Fsp3) is 0.333. The van der Waals surface area contributed by atoms with E-state index in [-0.39, 0.29) is 36.2 Å². The van der Waals surface area contributed by atoms with Crippen LogP contribution in [0.2, 0.25) is 0 Å². The first-order valence-corrected chi connectivity index (χ1v) is 13.7. The summed E-state index contributed by atoms with van der Waals surface area (Å²) in [6.45, 7) is 3.03. The first-order chi connectivity index (χ1) is 17.4. The van der Waals surface area contributed by atoms with Gasteiger partial charge in [-0.2, -0.15) is 0 Å². The Hall–Kier alpha value is -3.04. The molecule has 5 rings (SSSR count). The Bertz CT molecular complexity index is 1300. The fourth-order valence-corrected chi connectivity index (χ4v) is 6.34. The van der Waals surface area contributed by atoms with E-state index in [4.69, 9.17) is 0 Å². The molecule has 2 fully saturated rings. The van der Waals surface area contributed by atoms with Gasteiger partial charge in [-0.15, -0.1) is 11.3 Å². The number of benzene rings is 1. The first-order valence-electron chi connectivity index (χ1n) is 12.1. The highest BCUT2D eigenvalue weighted by Gasteiger charge is 2.33. The first kappa shape index (κ1) is 24.6. The number of amides is 3. The fourth-order valence-electron chi connectivity index (χ4n) is 5.05. The van der Waals surface area contributed by atoms with Gasteiger partial charge in [-0.1, -0.05) is 6.07 Å². The van der Waals surface area contributed by atoms with Gasteiger partial charge in [0.15, 0.2) is 0 Å². The standard InChI is InChI=1S/C27H27BrN4O3S/c1-17-13-20(32-16-19(14-25(32)33)30-26(34)23-9-10-24(28)36-23)7-8-21(17)27(35)31-12-3-2-6-22(31)18-5-4-11-29-15-18/h4-5,7-11,13,15,19,22H,2-3,6,12,14,16H2,1H3,(H,30,34). The van der Waals surface area contributed by atoms with Crippen molar-refractivity contribution in [2.45, 2.75) is 44.7 Å². The summed E-state index contributed by atoms with van der Waals surface area (Å²) in [6, 6.07) is 12.9. The zero-order chi connectivity index (χ0) is 25.2. The number of likely N-dealkylation sites (tertiary alicyclic amines) is 1. The van der Waals surface area contributed by atoms with E-state index in [1.165, 1.54) is 11.3 Å². The zero-order valence-electron chi connectivity index (χ0n) is 19.9. The minimum atomic E-state index is -0.263. The maximum absolute atomic E-state index is 13.6. The molecule has 7 nitrogen and oxygen atoms in total. The summed E-state index contributed by atoms with van der Waals surface area (Å²) in [6.07, 6.45) is 6.83. The van der Waals surface area contributed by atoms with Gasteiger partial charge in [-0.25, -0.2) is 0 Å². The number of halogens is 1. The summed E-state index contributed by atoms with van der Waals surface area (Å²) in [7, 11) is 0. The molecule has 2 unspecified atom stereocenters. The molecule has 3 amide bonds. The second kappa shape index (κ2) is 10.5. The van der Waals surface area contributed by atoms with Crippen molar-refractivity contribution in [1.82, 2.24) is 15.2 Å². The van der Waals surface area contributed by atoms with Crippen LogP contribution < -0.4 is 10.2 Å². The molecule has 2 aliphatic heterocycles. The van der Waals surface area contributed by atoms with Gasteiger partial charge in [0, 0.05) is 43.2 Å². The van der Waals surface area contributed by atoms with Crippen LogP contribution in [0.5, 0.6) is 0 Å². The third-order valence-electron chi connectivity index (χ3n) is 6.84. The highest BCUT2D eigenvalue weighted by atomic mass is 79.9. The molecule has 0 spiro atoms. The highest BCUT2D eigenvalue weighted by molar-refractivity contribution is 9.11. The second-order valence-corrected chi connectivity index (χ2v) is 11.7. The number of aryl methyl sites for hydroxylation is 1. The topological polar surface area (TPSA) is 82.6 Å². The summed E-state index contributed by atoms with van der Waals surface area (Å²) in [5, 5.41) is 2.97. The number of aromatic nitrogens is 1. The lowest BCUT2D eigenvalue weighted by molar-refractivity contribution is -0.117. The van der Waals surface area contributed by atoms with Gasteiger partial charge in [0.1, 0.15) is 0 Å². The van der Waals surface area contributed by atoms with Gasteiger partial charge < -0.3 is 15.1 Å². The van der Waals surface area contributed by atoms with Gasteiger partial charge in [-0.05, 0) is 89.6 Å². The van der Waals surface area contributed by atoms with Gasteiger partial charge >= 0.3 is 0 Å². The van der Waals surface area contributed by atoms with E-state index in [1.54, 1.807) is 17.2 Å². The Kier molecular flexibility index (Phi) is 7.20. The van der Waals surface area contributed by atoms with Crippen molar-refractivity contribution in [3.05, 3.63) is 80.2 Å². The van der Waals surface area contributed by atoms with Crippen LogP contribution in [0.15, 0.2) is 58.6 Å². The smallest absolute Gasteiger partial charge is 0.261 e. The number of nitrogens with one attached hydrogen (secondary N) is 1. The number of carbonyl (C=O) groups excluding carboxylic acids is 3. The predicted octanol–water partition coefficient (Wildman–Crippen LogP) is 5.12. The molecule has 36 heavy (non-hydrogen) atoms. The number of anilines is 1. The highest BCUT2D eigenvalue weighted by Crippen LogP contribution is 2.33. The molecule has 1 aromatic carbocycles. The van der Waals surface area contributed by atoms with Crippen LogP contribution in [-0.4, -0.2) is 46.7 Å². The molecule has 0 radical (unpaired) electrons. The third kappa shape index (κ3) is 5.08. The molecule has 2 aliphatic rings. The van der Waals surface area contributed by atoms with Crippen LogP contribution in [0, 0.1) is 6.92 Å². The van der Waals surface area contributed by atoms with Gasteiger partial charge in [-0.3, -0.25) is 19.4 Å². The zero-order valence-corrected chi connectivity index (χ0v) is 22.3. The molecule has 0 saturated carbocycles. The summed E-state index contributed by atoms with van der Waals surface area (Å²) in [5.41, 5.74) is 3.28. The maximum atomic E-state index is 13.6. The number of rotatable bonds is 5. The van der Waals surface area contributed by atoms with Crippen LogP contribution in [0.4, 0.5) is 5.69 Å². The van der Waals surface area contributed by atoms with Crippen molar-refractivity contribution < 1.29 is 14.4 Å². The summed E-state index contributed by atoms with van der Waals surface area (Å²) in [5.74, 6) is -0.210. The number of nitrogens with zero attached hydrogens (tertiary/aromatic N) is 3. The molecule has 2 aromatic heterocycles. The summed E-state index contributed by atoms with van der Waals surface area (Å²) < 4.78 is 0.887. The molecule has 1 N–H and O–H groups in total. The molecule has 4 heterocycles. The average molecular weight is 568 g/mol. The van der Waals surface area contributed by atoms with E-state index in [2.05, 4.69) is 26.2 Å². The predicted molar refractivity (Wildman–Crippen MR) is 143 cm³/mol. The Balaban J connectivity index is 1.29. The van der Waals surface area contributed by atoms with Crippen LogP contribution in [0.25, 0.3) is 0 Å². The number of hydrogen-bond donors (Lipinski definition) is 1. The monoisotopic (exact) mass is 566 g/mol. The molecule has 2 atom stereocenters. The van der Waals surface area contributed by atoms with E-state index in [0.29, 0.717) is 23.5 Å².